The number of anilines is 1. The Morgan fingerprint density at radius 2 is 1.90 bits per heavy atom. The first-order chi connectivity index (χ1) is 14.7. The fraction of sp³-hybridized carbons (Fsp3) is 0.190. The normalized spacial score (nSPS) is 12.4. The molecular formula is C21H20ClNO6S2. The van der Waals surface area contributed by atoms with Crippen LogP contribution in [0, 0.1) is 0 Å². The molecule has 0 radical (unpaired) electrons. The maximum atomic E-state index is 12.8. The molecule has 0 aliphatic heterocycles. The van der Waals surface area contributed by atoms with E-state index in [0.717, 1.165) is 23.0 Å². The molecule has 1 aromatic heterocycles. The van der Waals surface area contributed by atoms with Crippen LogP contribution in [0.25, 0.3) is 11.1 Å². The molecule has 0 fully saturated rings. The Hall–Kier alpha value is -2.59. The number of methoxy groups -OCH3 is 1. The molecule has 10 heteroatoms. The summed E-state index contributed by atoms with van der Waals surface area (Å²) in [5.74, 6) is -1.15. The number of carbonyl (C=O) groups is 1. The molecule has 0 aliphatic carbocycles. The summed E-state index contributed by atoms with van der Waals surface area (Å²) < 4.78 is 38.4. The van der Waals surface area contributed by atoms with E-state index >= 15 is 0 Å². The number of sulfonamides is 1. The van der Waals surface area contributed by atoms with Crippen LogP contribution in [0.5, 0.6) is 5.75 Å². The average molecular weight is 482 g/mol. The predicted octanol–water partition coefficient (Wildman–Crippen LogP) is 4.77. The molecule has 0 aliphatic rings. The Balaban J connectivity index is 1.79. The zero-order valence-electron chi connectivity index (χ0n) is 16.7. The van der Waals surface area contributed by atoms with E-state index in [4.69, 9.17) is 21.1 Å². The third-order valence-corrected chi connectivity index (χ3v) is 7.41. The van der Waals surface area contributed by atoms with Gasteiger partial charge in [-0.1, -0.05) is 41.9 Å². The molecule has 1 unspecified atom stereocenters. The maximum absolute atomic E-state index is 12.8. The lowest BCUT2D eigenvalue weighted by atomic mass is 10.1. The van der Waals surface area contributed by atoms with Crippen molar-refractivity contribution in [3.05, 3.63) is 64.5 Å². The van der Waals surface area contributed by atoms with Crippen molar-refractivity contribution in [2.24, 2.45) is 0 Å². The van der Waals surface area contributed by atoms with Crippen LogP contribution in [0.4, 0.5) is 5.69 Å². The van der Waals surface area contributed by atoms with Crippen molar-refractivity contribution < 1.29 is 27.8 Å². The standard InChI is InChI=1S/C21H20ClNO6S2/c1-13(12-28-2)29-21(25)16-9-8-15(10-18(16)24)23-31(26,27)19-11-17(20(22)30-19)14-6-4-3-5-7-14/h3-11,13,23-24H,12H2,1-2H3. The van der Waals surface area contributed by atoms with E-state index in [1.54, 1.807) is 6.92 Å². The summed E-state index contributed by atoms with van der Waals surface area (Å²) in [5, 5.41) is 10.2. The van der Waals surface area contributed by atoms with Crippen LogP contribution >= 0.6 is 22.9 Å². The number of phenols is 1. The zero-order valence-corrected chi connectivity index (χ0v) is 19.1. The van der Waals surface area contributed by atoms with Crippen molar-refractivity contribution in [3.8, 4) is 16.9 Å². The van der Waals surface area contributed by atoms with Gasteiger partial charge in [0, 0.05) is 18.7 Å². The summed E-state index contributed by atoms with van der Waals surface area (Å²) in [5.41, 5.74) is 1.41. The zero-order chi connectivity index (χ0) is 22.6. The predicted molar refractivity (Wildman–Crippen MR) is 120 cm³/mol. The molecule has 0 spiro atoms. The van der Waals surface area contributed by atoms with Crippen molar-refractivity contribution in [1.29, 1.82) is 0 Å². The van der Waals surface area contributed by atoms with Crippen LogP contribution in [-0.4, -0.2) is 39.3 Å². The highest BCUT2D eigenvalue weighted by Gasteiger charge is 2.22. The number of esters is 1. The molecule has 164 valence electrons. The fourth-order valence-corrected chi connectivity index (χ4v) is 5.60. The van der Waals surface area contributed by atoms with Gasteiger partial charge in [0.15, 0.2) is 0 Å². The summed E-state index contributed by atoms with van der Waals surface area (Å²) in [6.45, 7) is 1.86. The van der Waals surface area contributed by atoms with Crippen molar-refractivity contribution in [2.45, 2.75) is 17.2 Å². The number of benzene rings is 2. The van der Waals surface area contributed by atoms with Crippen LogP contribution < -0.4 is 4.72 Å². The van der Waals surface area contributed by atoms with Crippen molar-refractivity contribution in [1.82, 2.24) is 0 Å². The number of hydrogen-bond acceptors (Lipinski definition) is 7. The van der Waals surface area contributed by atoms with Crippen molar-refractivity contribution in [2.75, 3.05) is 18.4 Å². The topological polar surface area (TPSA) is 102 Å². The van der Waals surface area contributed by atoms with E-state index in [9.17, 15) is 18.3 Å². The Morgan fingerprint density at radius 3 is 2.55 bits per heavy atom. The van der Waals surface area contributed by atoms with Gasteiger partial charge in [-0.2, -0.15) is 0 Å². The molecule has 1 atom stereocenters. The second-order valence-corrected chi connectivity index (χ2v) is 10.2. The lowest BCUT2D eigenvalue weighted by molar-refractivity contribution is 0.0118. The largest absolute Gasteiger partial charge is 0.507 e. The van der Waals surface area contributed by atoms with Gasteiger partial charge in [-0.05, 0) is 30.7 Å². The molecule has 2 N–H and O–H groups in total. The van der Waals surface area contributed by atoms with Gasteiger partial charge in [0.05, 0.1) is 12.3 Å². The summed E-state index contributed by atoms with van der Waals surface area (Å²) in [6.07, 6.45) is -0.502. The summed E-state index contributed by atoms with van der Waals surface area (Å²) in [7, 11) is -2.48. The Labute approximate surface area is 189 Å². The molecular weight excluding hydrogens is 462 g/mol. The van der Waals surface area contributed by atoms with Gasteiger partial charge in [0.25, 0.3) is 10.0 Å². The van der Waals surface area contributed by atoms with Gasteiger partial charge in [0.1, 0.15) is 26.0 Å². The number of halogens is 1. The third-order valence-electron chi connectivity index (χ3n) is 4.19. The highest BCUT2D eigenvalue weighted by atomic mass is 35.5. The highest BCUT2D eigenvalue weighted by Crippen LogP contribution is 2.38. The molecule has 3 rings (SSSR count). The lowest BCUT2D eigenvalue weighted by Crippen LogP contribution is -2.19. The van der Waals surface area contributed by atoms with E-state index < -0.39 is 27.8 Å². The van der Waals surface area contributed by atoms with Gasteiger partial charge < -0.3 is 14.6 Å². The number of ether oxygens (including phenoxy) is 2. The number of phenolic OH excluding ortho intramolecular Hbond substituents is 1. The summed E-state index contributed by atoms with van der Waals surface area (Å²) >= 11 is 7.18. The molecule has 2 aromatic carbocycles. The molecule has 0 saturated heterocycles. The van der Waals surface area contributed by atoms with Crippen LogP contribution in [0.3, 0.4) is 0 Å². The number of thiophene rings is 1. The highest BCUT2D eigenvalue weighted by molar-refractivity contribution is 7.94. The summed E-state index contributed by atoms with van der Waals surface area (Å²) in [6, 6.07) is 14.5. The minimum Gasteiger partial charge on any atom is -0.507 e. The number of rotatable bonds is 8. The first kappa shape index (κ1) is 23.1. The molecule has 0 bridgehead atoms. The Kier molecular flexibility index (Phi) is 7.22. The van der Waals surface area contributed by atoms with E-state index in [0.29, 0.717) is 9.90 Å². The second kappa shape index (κ2) is 9.69. The van der Waals surface area contributed by atoms with E-state index in [-0.39, 0.29) is 22.1 Å². The Morgan fingerprint density at radius 1 is 1.19 bits per heavy atom. The number of nitrogens with one attached hydrogen (secondary N) is 1. The van der Waals surface area contributed by atoms with Crippen molar-refractivity contribution >= 4 is 44.6 Å². The third kappa shape index (κ3) is 5.56. The van der Waals surface area contributed by atoms with Crippen LogP contribution in [-0.2, 0) is 19.5 Å². The Bertz CT molecular complexity index is 1180. The van der Waals surface area contributed by atoms with E-state index in [2.05, 4.69) is 4.72 Å². The number of carbonyl (C=O) groups excluding carboxylic acids is 1. The fourth-order valence-electron chi connectivity index (χ4n) is 2.78. The SMILES string of the molecule is COCC(C)OC(=O)c1ccc(NS(=O)(=O)c2cc(-c3ccccc3)c(Cl)s2)cc1O. The van der Waals surface area contributed by atoms with Crippen LogP contribution in [0.2, 0.25) is 4.34 Å². The molecule has 3 aromatic rings. The van der Waals surface area contributed by atoms with Crippen LogP contribution in [0.15, 0.2) is 58.8 Å². The smallest absolute Gasteiger partial charge is 0.342 e. The first-order valence-electron chi connectivity index (χ1n) is 9.11. The van der Waals surface area contributed by atoms with Gasteiger partial charge in [-0.3, -0.25) is 4.72 Å². The molecule has 0 saturated carbocycles. The van der Waals surface area contributed by atoms with Gasteiger partial charge >= 0.3 is 5.97 Å². The number of aromatic hydroxyl groups is 1. The van der Waals surface area contributed by atoms with Gasteiger partial charge in [-0.25, -0.2) is 13.2 Å². The molecule has 1 heterocycles. The lowest BCUT2D eigenvalue weighted by Gasteiger charge is -2.13. The van der Waals surface area contributed by atoms with Gasteiger partial charge in [-0.15, -0.1) is 11.3 Å². The second-order valence-electron chi connectivity index (χ2n) is 6.63. The first-order valence-corrected chi connectivity index (χ1v) is 11.8. The summed E-state index contributed by atoms with van der Waals surface area (Å²) in [4.78, 5) is 12.2. The number of hydrogen-bond donors (Lipinski definition) is 2. The van der Waals surface area contributed by atoms with Gasteiger partial charge in [0.2, 0.25) is 0 Å². The van der Waals surface area contributed by atoms with Crippen molar-refractivity contribution in [3.63, 3.8) is 0 Å². The quantitative estimate of drug-likeness (QED) is 0.449. The maximum Gasteiger partial charge on any atom is 0.342 e. The minimum absolute atomic E-state index is 0.0210. The van der Waals surface area contributed by atoms with E-state index in [1.807, 2.05) is 30.3 Å². The molecule has 31 heavy (non-hydrogen) atoms. The van der Waals surface area contributed by atoms with Crippen LogP contribution in [0.1, 0.15) is 17.3 Å². The minimum atomic E-state index is -3.96. The van der Waals surface area contributed by atoms with E-state index in [1.165, 1.54) is 25.3 Å². The monoisotopic (exact) mass is 481 g/mol. The molecule has 0 amide bonds. The molecule has 7 nitrogen and oxygen atoms in total. The average Bonchev–Trinajstić information content (AvgIpc) is 3.11.